The molecule has 9 heteroatoms. The highest BCUT2D eigenvalue weighted by Gasteiger charge is 2.37. The molecule has 0 fully saturated rings. The predicted molar refractivity (Wildman–Crippen MR) is 129 cm³/mol. The van der Waals surface area contributed by atoms with Crippen LogP contribution in [-0.2, 0) is 4.79 Å². The molecule has 0 atom stereocenters. The van der Waals surface area contributed by atoms with Crippen molar-refractivity contribution < 1.29 is 24.0 Å². The van der Waals surface area contributed by atoms with Crippen molar-refractivity contribution in [1.29, 1.82) is 0 Å². The molecule has 9 nitrogen and oxygen atoms in total. The summed E-state index contributed by atoms with van der Waals surface area (Å²) in [7, 11) is 0. The second-order valence-electron chi connectivity index (χ2n) is 7.60. The van der Waals surface area contributed by atoms with E-state index in [4.69, 9.17) is 4.74 Å². The maximum Gasteiger partial charge on any atom is 0.270 e. The Bertz CT molecular complexity index is 1300. The number of non-ortho nitro benzene ring substituents is 1. The summed E-state index contributed by atoms with van der Waals surface area (Å²) in [5, 5.41) is 11.0. The second kappa shape index (κ2) is 10.0. The van der Waals surface area contributed by atoms with Crippen LogP contribution in [-0.4, -0.2) is 40.8 Å². The average molecular weight is 471 g/mol. The number of anilines is 1. The van der Waals surface area contributed by atoms with Crippen molar-refractivity contribution in [2.24, 2.45) is 0 Å². The van der Waals surface area contributed by atoms with Crippen LogP contribution in [0.25, 0.3) is 6.08 Å². The Morgan fingerprint density at radius 1 is 1.00 bits per heavy atom. The van der Waals surface area contributed by atoms with Gasteiger partial charge in [0.2, 0.25) is 0 Å². The van der Waals surface area contributed by atoms with Crippen LogP contribution in [0.1, 0.15) is 33.2 Å². The van der Waals surface area contributed by atoms with Gasteiger partial charge in [0.1, 0.15) is 12.4 Å². The molecule has 3 aromatic carbocycles. The smallest absolute Gasteiger partial charge is 0.270 e. The van der Waals surface area contributed by atoms with Crippen molar-refractivity contribution in [3.63, 3.8) is 0 Å². The summed E-state index contributed by atoms with van der Waals surface area (Å²) in [6, 6.07) is 19.0. The standard InChI is InChI=1S/C26H21N3O6/c1-2-35-21-13-11-19(12-14-21)27(17-28-25(31)22-8-3-4-9-23(22)26(28)32)24(30)15-10-18-6-5-7-20(16-18)29(33)34/h3-16H,2,17H2,1H3/b15-10+. The zero-order chi connectivity index (χ0) is 24.9. The number of carbonyl (C=O) groups is 3. The van der Waals surface area contributed by atoms with Crippen LogP contribution in [0.2, 0.25) is 0 Å². The molecular weight excluding hydrogens is 450 g/mol. The summed E-state index contributed by atoms with van der Waals surface area (Å²) in [5.74, 6) is -0.886. The highest BCUT2D eigenvalue weighted by Crippen LogP contribution is 2.26. The van der Waals surface area contributed by atoms with E-state index in [1.807, 2.05) is 6.92 Å². The molecule has 1 heterocycles. The van der Waals surface area contributed by atoms with Crippen LogP contribution in [0, 0.1) is 10.1 Å². The summed E-state index contributed by atoms with van der Waals surface area (Å²) < 4.78 is 5.46. The van der Waals surface area contributed by atoms with E-state index < -0.39 is 22.6 Å². The quantitative estimate of drug-likeness (QED) is 0.210. The Morgan fingerprint density at radius 3 is 2.26 bits per heavy atom. The van der Waals surface area contributed by atoms with Crippen molar-refractivity contribution in [1.82, 2.24) is 4.90 Å². The zero-order valence-corrected chi connectivity index (χ0v) is 18.8. The zero-order valence-electron chi connectivity index (χ0n) is 18.8. The molecule has 0 saturated heterocycles. The number of fused-ring (bicyclic) bond motifs is 1. The van der Waals surface area contributed by atoms with Gasteiger partial charge in [0.05, 0.1) is 22.7 Å². The van der Waals surface area contributed by atoms with E-state index in [9.17, 15) is 24.5 Å². The van der Waals surface area contributed by atoms with Crippen LogP contribution in [0.4, 0.5) is 11.4 Å². The largest absolute Gasteiger partial charge is 0.494 e. The van der Waals surface area contributed by atoms with E-state index >= 15 is 0 Å². The first-order valence-corrected chi connectivity index (χ1v) is 10.8. The molecule has 1 aliphatic rings. The fourth-order valence-corrected chi connectivity index (χ4v) is 3.68. The maximum absolute atomic E-state index is 13.2. The lowest BCUT2D eigenvalue weighted by Crippen LogP contribution is -2.43. The van der Waals surface area contributed by atoms with Crippen LogP contribution in [0.5, 0.6) is 5.75 Å². The Morgan fingerprint density at radius 2 is 1.66 bits per heavy atom. The Balaban J connectivity index is 1.63. The maximum atomic E-state index is 13.2. The molecule has 0 radical (unpaired) electrons. The third-order valence-electron chi connectivity index (χ3n) is 5.39. The van der Waals surface area contributed by atoms with E-state index in [1.165, 1.54) is 35.3 Å². The van der Waals surface area contributed by atoms with Crippen molar-refractivity contribution in [3.8, 4) is 5.75 Å². The first-order chi connectivity index (χ1) is 16.9. The fourth-order valence-electron chi connectivity index (χ4n) is 3.68. The Kier molecular flexibility index (Phi) is 6.68. The number of hydrogen-bond donors (Lipinski definition) is 0. The number of carbonyl (C=O) groups excluding carboxylic acids is 3. The molecule has 0 spiro atoms. The highest BCUT2D eigenvalue weighted by atomic mass is 16.6. The van der Waals surface area contributed by atoms with Gasteiger partial charge >= 0.3 is 0 Å². The number of amides is 3. The molecule has 0 bridgehead atoms. The van der Waals surface area contributed by atoms with Crippen molar-refractivity contribution in [2.45, 2.75) is 6.92 Å². The minimum atomic E-state index is -0.520. The summed E-state index contributed by atoms with van der Waals surface area (Å²) in [5.41, 5.74) is 1.36. The molecule has 0 saturated carbocycles. The van der Waals surface area contributed by atoms with E-state index in [0.29, 0.717) is 23.6 Å². The van der Waals surface area contributed by atoms with Gasteiger partial charge in [-0.2, -0.15) is 0 Å². The molecule has 4 rings (SSSR count). The van der Waals surface area contributed by atoms with Crippen LogP contribution in [0.15, 0.2) is 78.9 Å². The highest BCUT2D eigenvalue weighted by molar-refractivity contribution is 6.21. The van der Waals surface area contributed by atoms with Gasteiger partial charge in [-0.05, 0) is 55.0 Å². The first-order valence-electron chi connectivity index (χ1n) is 10.8. The number of hydrogen-bond acceptors (Lipinski definition) is 6. The van der Waals surface area contributed by atoms with E-state index in [-0.39, 0.29) is 23.5 Å². The summed E-state index contributed by atoms with van der Waals surface area (Å²) in [6.07, 6.45) is 2.69. The molecule has 176 valence electrons. The minimum absolute atomic E-state index is 0.103. The predicted octanol–water partition coefficient (Wildman–Crippen LogP) is 4.29. The monoisotopic (exact) mass is 471 g/mol. The SMILES string of the molecule is CCOc1ccc(N(CN2C(=O)c3ccccc3C2=O)C(=O)/C=C/c2cccc([N+](=O)[O-])c2)cc1. The summed E-state index contributed by atoms with van der Waals surface area (Å²) >= 11 is 0. The second-order valence-corrected chi connectivity index (χ2v) is 7.60. The number of ether oxygens (including phenoxy) is 1. The van der Waals surface area contributed by atoms with Gasteiger partial charge in [0, 0.05) is 23.9 Å². The van der Waals surface area contributed by atoms with E-state index in [2.05, 4.69) is 0 Å². The summed E-state index contributed by atoms with van der Waals surface area (Å²) in [4.78, 5) is 51.8. The third-order valence-corrected chi connectivity index (χ3v) is 5.39. The number of rotatable bonds is 8. The van der Waals surface area contributed by atoms with Gasteiger partial charge in [0.25, 0.3) is 23.4 Å². The lowest BCUT2D eigenvalue weighted by molar-refractivity contribution is -0.384. The van der Waals surface area contributed by atoms with Crippen LogP contribution >= 0.6 is 0 Å². The van der Waals surface area contributed by atoms with E-state index in [1.54, 1.807) is 54.6 Å². The molecule has 35 heavy (non-hydrogen) atoms. The lowest BCUT2D eigenvalue weighted by atomic mass is 10.1. The van der Waals surface area contributed by atoms with Crippen LogP contribution < -0.4 is 9.64 Å². The molecule has 0 N–H and O–H groups in total. The third kappa shape index (κ3) is 4.93. The normalized spacial score (nSPS) is 12.7. The topological polar surface area (TPSA) is 110 Å². The number of nitro benzene ring substituents is 1. The summed E-state index contributed by atoms with van der Waals surface area (Å²) in [6.45, 7) is 2.02. The minimum Gasteiger partial charge on any atom is -0.494 e. The average Bonchev–Trinajstić information content (AvgIpc) is 3.11. The van der Waals surface area contributed by atoms with Crippen molar-refractivity contribution in [2.75, 3.05) is 18.2 Å². The van der Waals surface area contributed by atoms with Gasteiger partial charge in [0.15, 0.2) is 0 Å². The van der Waals surface area contributed by atoms with Gasteiger partial charge in [-0.3, -0.25) is 34.3 Å². The fraction of sp³-hybridized carbons (Fsp3) is 0.115. The first kappa shape index (κ1) is 23.4. The number of imide groups is 1. The van der Waals surface area contributed by atoms with Crippen molar-refractivity contribution in [3.05, 3.63) is 106 Å². The number of nitrogens with zero attached hydrogens (tertiary/aromatic N) is 3. The van der Waals surface area contributed by atoms with Crippen molar-refractivity contribution >= 4 is 35.2 Å². The van der Waals surface area contributed by atoms with Gasteiger partial charge in [-0.1, -0.05) is 24.3 Å². The van der Waals surface area contributed by atoms with Gasteiger partial charge in [-0.15, -0.1) is 0 Å². The molecule has 0 aliphatic carbocycles. The van der Waals surface area contributed by atoms with Gasteiger partial charge in [-0.25, -0.2) is 0 Å². The Hall–Kier alpha value is -4.79. The molecule has 0 unspecified atom stereocenters. The molecule has 3 amide bonds. The number of nitro groups is 1. The number of benzene rings is 3. The molecule has 0 aromatic heterocycles. The van der Waals surface area contributed by atoms with Gasteiger partial charge < -0.3 is 4.74 Å². The lowest BCUT2D eigenvalue weighted by Gasteiger charge is -2.26. The Labute approximate surface area is 201 Å². The van der Waals surface area contributed by atoms with E-state index in [0.717, 1.165) is 4.90 Å². The molecule has 1 aliphatic heterocycles. The molecular formula is C26H21N3O6. The van der Waals surface area contributed by atoms with Crippen LogP contribution in [0.3, 0.4) is 0 Å². The molecule has 3 aromatic rings.